The Morgan fingerprint density at radius 2 is 2.40 bits per heavy atom. The molecule has 3 nitrogen and oxygen atoms in total. The molecule has 0 aliphatic heterocycles. The molecule has 0 saturated heterocycles. The molecule has 0 bridgehead atoms. The predicted molar refractivity (Wildman–Crippen MR) is 35.7 cm³/mol. The van der Waals surface area contributed by atoms with Gasteiger partial charge in [-0.3, -0.25) is 0 Å². The highest BCUT2D eigenvalue weighted by Crippen LogP contribution is 2.28. The van der Waals surface area contributed by atoms with Gasteiger partial charge < -0.3 is 9.84 Å². The van der Waals surface area contributed by atoms with Gasteiger partial charge in [-0.25, -0.2) is 4.79 Å². The fraction of sp³-hybridized carbons (Fsp3) is 0.571. The van der Waals surface area contributed by atoms with Crippen molar-refractivity contribution in [1.29, 1.82) is 0 Å². The molecule has 1 N–H and O–H groups in total. The van der Waals surface area contributed by atoms with Crippen LogP contribution in [0.3, 0.4) is 0 Å². The van der Waals surface area contributed by atoms with E-state index in [0.717, 1.165) is 18.4 Å². The van der Waals surface area contributed by atoms with E-state index in [4.69, 9.17) is 9.84 Å². The minimum atomic E-state index is -0.857. The lowest BCUT2D eigenvalue weighted by atomic mass is 9.88. The fourth-order valence-corrected chi connectivity index (χ4v) is 0.984. The zero-order valence-corrected chi connectivity index (χ0v) is 5.83. The van der Waals surface area contributed by atoms with Crippen LogP contribution in [0.15, 0.2) is 11.6 Å². The Labute approximate surface area is 59.3 Å². The number of carboxylic acids is 1. The van der Waals surface area contributed by atoms with Crippen LogP contribution in [-0.4, -0.2) is 24.3 Å². The molecule has 0 radical (unpaired) electrons. The van der Waals surface area contributed by atoms with Crippen LogP contribution in [0.2, 0.25) is 0 Å². The Bertz CT molecular complexity index is 164. The number of rotatable bonds is 2. The third kappa shape index (κ3) is 1.57. The highest BCUT2D eigenvalue weighted by atomic mass is 16.5. The Morgan fingerprint density at radius 3 is 2.80 bits per heavy atom. The summed E-state index contributed by atoms with van der Waals surface area (Å²) < 4.78 is 4.96. The number of methoxy groups -OCH3 is 1. The molecule has 0 atom stereocenters. The van der Waals surface area contributed by atoms with Gasteiger partial charge in [0, 0.05) is 13.2 Å². The quantitative estimate of drug-likeness (QED) is 0.580. The summed E-state index contributed by atoms with van der Waals surface area (Å²) in [6.07, 6.45) is 3.08. The fourth-order valence-electron chi connectivity index (χ4n) is 0.984. The van der Waals surface area contributed by atoms with Gasteiger partial charge in [-0.2, -0.15) is 0 Å². The van der Waals surface area contributed by atoms with Crippen molar-refractivity contribution in [2.24, 2.45) is 0 Å². The topological polar surface area (TPSA) is 46.5 Å². The summed E-state index contributed by atoms with van der Waals surface area (Å²) in [6, 6.07) is 0. The lowest BCUT2D eigenvalue weighted by Gasteiger charge is -2.26. The summed E-state index contributed by atoms with van der Waals surface area (Å²) in [5, 5.41) is 8.29. The second kappa shape index (κ2) is 2.84. The predicted octanol–water partition coefficient (Wildman–Crippen LogP) is 0.806. The van der Waals surface area contributed by atoms with Crippen molar-refractivity contribution in [2.45, 2.75) is 18.9 Å². The summed E-state index contributed by atoms with van der Waals surface area (Å²) in [5.41, 5.74) is 0.972. The molecule has 0 unspecified atom stereocenters. The number of ether oxygens (including phenoxy) is 1. The standard InChI is InChI=1S/C7H10O3/c1-10-6-2-5(3-6)4-7(8)9/h4,6H,2-3H2,1H3,(H,8,9). The minimum Gasteiger partial charge on any atom is -0.478 e. The van der Waals surface area contributed by atoms with Gasteiger partial charge in [0.15, 0.2) is 0 Å². The van der Waals surface area contributed by atoms with E-state index in [-0.39, 0.29) is 6.10 Å². The zero-order chi connectivity index (χ0) is 7.56. The van der Waals surface area contributed by atoms with Crippen LogP contribution < -0.4 is 0 Å². The van der Waals surface area contributed by atoms with Gasteiger partial charge in [-0.1, -0.05) is 5.57 Å². The van der Waals surface area contributed by atoms with E-state index in [1.165, 1.54) is 6.08 Å². The SMILES string of the molecule is COC1CC(=CC(=O)O)C1. The molecule has 1 aliphatic carbocycles. The first-order valence-corrected chi connectivity index (χ1v) is 3.17. The molecule has 0 heterocycles. The smallest absolute Gasteiger partial charge is 0.328 e. The third-order valence-corrected chi connectivity index (χ3v) is 1.64. The summed E-state index contributed by atoms with van der Waals surface area (Å²) in [7, 11) is 1.64. The highest BCUT2D eigenvalue weighted by molar-refractivity contribution is 5.81. The second-order valence-electron chi connectivity index (χ2n) is 2.41. The molecule has 1 rings (SSSR count). The van der Waals surface area contributed by atoms with Crippen LogP contribution in [0.25, 0.3) is 0 Å². The average molecular weight is 142 g/mol. The molecule has 0 aromatic carbocycles. The normalized spacial score (nSPS) is 23.7. The lowest BCUT2D eigenvalue weighted by Crippen LogP contribution is -2.23. The van der Waals surface area contributed by atoms with Crippen LogP contribution in [-0.2, 0) is 9.53 Å². The molecule has 1 fully saturated rings. The molecule has 56 valence electrons. The number of hydrogen-bond acceptors (Lipinski definition) is 2. The van der Waals surface area contributed by atoms with Crippen LogP contribution >= 0.6 is 0 Å². The molecule has 3 heteroatoms. The number of hydrogen-bond donors (Lipinski definition) is 1. The van der Waals surface area contributed by atoms with Crippen molar-refractivity contribution in [2.75, 3.05) is 7.11 Å². The van der Waals surface area contributed by atoms with E-state index < -0.39 is 5.97 Å². The molecule has 0 aromatic rings. The van der Waals surface area contributed by atoms with Gasteiger partial charge >= 0.3 is 5.97 Å². The van der Waals surface area contributed by atoms with Gasteiger partial charge in [0.25, 0.3) is 0 Å². The van der Waals surface area contributed by atoms with E-state index in [1.54, 1.807) is 7.11 Å². The van der Waals surface area contributed by atoms with Gasteiger partial charge in [0.05, 0.1) is 6.10 Å². The monoisotopic (exact) mass is 142 g/mol. The van der Waals surface area contributed by atoms with E-state index in [9.17, 15) is 4.79 Å². The molecule has 1 aliphatic rings. The summed E-state index contributed by atoms with van der Waals surface area (Å²) in [4.78, 5) is 10.1. The Balaban J connectivity index is 2.31. The molecular formula is C7H10O3. The number of carboxylic acid groups (broad SMARTS) is 1. The summed E-state index contributed by atoms with van der Waals surface area (Å²) in [5.74, 6) is -0.857. The van der Waals surface area contributed by atoms with Gasteiger partial charge in [-0.05, 0) is 12.8 Å². The first kappa shape index (κ1) is 7.28. The lowest BCUT2D eigenvalue weighted by molar-refractivity contribution is -0.131. The van der Waals surface area contributed by atoms with Crippen molar-refractivity contribution in [3.63, 3.8) is 0 Å². The largest absolute Gasteiger partial charge is 0.478 e. The Hall–Kier alpha value is -0.830. The van der Waals surface area contributed by atoms with Gasteiger partial charge in [-0.15, -0.1) is 0 Å². The number of carbonyl (C=O) groups is 1. The molecule has 0 amide bonds. The van der Waals surface area contributed by atoms with Crippen molar-refractivity contribution in [3.05, 3.63) is 11.6 Å². The van der Waals surface area contributed by atoms with Crippen LogP contribution in [0.5, 0.6) is 0 Å². The summed E-state index contributed by atoms with van der Waals surface area (Å²) in [6.45, 7) is 0. The van der Waals surface area contributed by atoms with E-state index >= 15 is 0 Å². The van der Waals surface area contributed by atoms with Crippen LogP contribution in [0.1, 0.15) is 12.8 Å². The first-order valence-electron chi connectivity index (χ1n) is 3.17. The maximum Gasteiger partial charge on any atom is 0.328 e. The number of aliphatic carboxylic acids is 1. The van der Waals surface area contributed by atoms with Crippen LogP contribution in [0, 0.1) is 0 Å². The Morgan fingerprint density at radius 1 is 1.80 bits per heavy atom. The molecule has 0 spiro atoms. The molecule has 1 saturated carbocycles. The maximum absolute atomic E-state index is 10.1. The first-order chi connectivity index (χ1) is 4.72. The van der Waals surface area contributed by atoms with Gasteiger partial charge in [0.1, 0.15) is 0 Å². The van der Waals surface area contributed by atoms with Crippen molar-refractivity contribution in [3.8, 4) is 0 Å². The van der Waals surface area contributed by atoms with Crippen molar-refractivity contribution in [1.82, 2.24) is 0 Å². The third-order valence-electron chi connectivity index (χ3n) is 1.64. The maximum atomic E-state index is 10.1. The van der Waals surface area contributed by atoms with Crippen molar-refractivity contribution < 1.29 is 14.6 Å². The Kier molecular flexibility index (Phi) is 2.06. The molecule has 10 heavy (non-hydrogen) atoms. The highest BCUT2D eigenvalue weighted by Gasteiger charge is 2.22. The van der Waals surface area contributed by atoms with E-state index in [1.807, 2.05) is 0 Å². The average Bonchev–Trinajstić information content (AvgIpc) is 1.76. The zero-order valence-electron chi connectivity index (χ0n) is 5.83. The minimum absolute atomic E-state index is 0.255. The molecular weight excluding hydrogens is 132 g/mol. The van der Waals surface area contributed by atoms with Crippen molar-refractivity contribution >= 4 is 5.97 Å². The van der Waals surface area contributed by atoms with Crippen LogP contribution in [0.4, 0.5) is 0 Å². The van der Waals surface area contributed by atoms with E-state index in [0.29, 0.717) is 0 Å². The van der Waals surface area contributed by atoms with Gasteiger partial charge in [0.2, 0.25) is 0 Å². The van der Waals surface area contributed by atoms with E-state index in [2.05, 4.69) is 0 Å². The molecule has 0 aromatic heterocycles. The summed E-state index contributed by atoms with van der Waals surface area (Å²) >= 11 is 0. The second-order valence-corrected chi connectivity index (χ2v) is 2.41.